The third-order valence-electron chi connectivity index (χ3n) is 4.62. The number of carbonyl (C=O) groups is 2. The molecular formula is C20H21ClF3N3O4. The lowest BCUT2D eigenvalue weighted by Crippen LogP contribution is -2.36. The van der Waals surface area contributed by atoms with E-state index in [9.17, 15) is 27.6 Å². The molecule has 1 heterocycles. The summed E-state index contributed by atoms with van der Waals surface area (Å²) in [6.07, 6.45) is -6.08. The van der Waals surface area contributed by atoms with E-state index in [1.165, 1.54) is 32.2 Å². The number of amides is 1. The molecule has 0 saturated carbocycles. The Morgan fingerprint density at radius 1 is 1.23 bits per heavy atom. The lowest BCUT2D eigenvalue weighted by Gasteiger charge is -2.27. The van der Waals surface area contributed by atoms with Crippen LogP contribution >= 0.6 is 11.6 Å². The van der Waals surface area contributed by atoms with Gasteiger partial charge in [-0.15, -0.1) is 0 Å². The molecule has 1 aromatic heterocycles. The molecule has 11 heteroatoms. The first kappa shape index (κ1) is 24.4. The van der Waals surface area contributed by atoms with Gasteiger partial charge in [-0.2, -0.15) is 13.2 Å². The summed E-state index contributed by atoms with van der Waals surface area (Å²) in [4.78, 5) is 40.7. The molecule has 7 nitrogen and oxygen atoms in total. The maximum absolute atomic E-state index is 13.0. The predicted molar refractivity (Wildman–Crippen MR) is 109 cm³/mol. The van der Waals surface area contributed by atoms with E-state index in [1.807, 2.05) is 0 Å². The monoisotopic (exact) mass is 459 g/mol. The van der Waals surface area contributed by atoms with Crippen LogP contribution in [0.5, 0.6) is 0 Å². The summed E-state index contributed by atoms with van der Waals surface area (Å²) in [6, 6.07) is 5.64. The highest BCUT2D eigenvalue weighted by atomic mass is 35.5. The Hall–Kier alpha value is -2.88. The smallest absolute Gasteiger partial charge is 0.411 e. The number of rotatable bonds is 6. The Morgan fingerprint density at radius 3 is 2.42 bits per heavy atom. The van der Waals surface area contributed by atoms with Crippen molar-refractivity contribution in [3.8, 4) is 11.3 Å². The van der Waals surface area contributed by atoms with Gasteiger partial charge in [0.15, 0.2) is 5.78 Å². The summed E-state index contributed by atoms with van der Waals surface area (Å²) in [5.41, 5.74) is -2.05. The highest BCUT2D eigenvalue weighted by molar-refractivity contribution is 6.31. The van der Waals surface area contributed by atoms with Crippen molar-refractivity contribution in [1.29, 1.82) is 0 Å². The van der Waals surface area contributed by atoms with Crippen LogP contribution in [0.2, 0.25) is 5.02 Å². The summed E-state index contributed by atoms with van der Waals surface area (Å²) >= 11 is 5.96. The number of alkyl halides is 3. The number of aromatic nitrogens is 2. The number of anilines is 1. The van der Waals surface area contributed by atoms with Crippen molar-refractivity contribution in [2.75, 3.05) is 12.4 Å². The zero-order chi connectivity index (χ0) is 23.6. The van der Waals surface area contributed by atoms with Crippen LogP contribution in [0.3, 0.4) is 0 Å². The van der Waals surface area contributed by atoms with Gasteiger partial charge in [0.05, 0.1) is 30.5 Å². The molecule has 2 aromatic rings. The molecule has 0 saturated heterocycles. The highest BCUT2D eigenvalue weighted by Gasteiger charge is 2.48. The highest BCUT2D eigenvalue weighted by Crippen LogP contribution is 2.40. The number of halogens is 4. The van der Waals surface area contributed by atoms with E-state index in [4.69, 9.17) is 11.6 Å². The van der Waals surface area contributed by atoms with E-state index in [0.717, 1.165) is 24.5 Å². The fourth-order valence-corrected chi connectivity index (χ4v) is 2.95. The number of nitrogens with zero attached hydrogens (tertiary/aromatic N) is 2. The zero-order valence-electron chi connectivity index (χ0n) is 17.3. The molecule has 0 aliphatic rings. The lowest BCUT2D eigenvalue weighted by molar-refractivity contribution is -0.213. The fourth-order valence-electron chi connectivity index (χ4n) is 2.78. The molecule has 0 spiro atoms. The van der Waals surface area contributed by atoms with Crippen LogP contribution in [0.15, 0.2) is 29.1 Å². The summed E-state index contributed by atoms with van der Waals surface area (Å²) in [5.74, 6) is -0.624. The van der Waals surface area contributed by atoms with E-state index in [0.29, 0.717) is 10.6 Å². The number of hydrogen-bond donors (Lipinski definition) is 1. The minimum Gasteiger partial charge on any atom is -0.453 e. The average Bonchev–Trinajstić information content (AvgIpc) is 2.63. The van der Waals surface area contributed by atoms with Crippen LogP contribution in [-0.2, 0) is 16.1 Å². The quantitative estimate of drug-likeness (QED) is 0.682. The van der Waals surface area contributed by atoms with E-state index in [2.05, 4.69) is 15.0 Å². The average molecular weight is 460 g/mol. The zero-order valence-corrected chi connectivity index (χ0v) is 18.0. The topological polar surface area (TPSA) is 90.3 Å². The summed E-state index contributed by atoms with van der Waals surface area (Å²) in [7, 11) is 1.18. The van der Waals surface area contributed by atoms with Crippen molar-refractivity contribution in [1.82, 2.24) is 9.55 Å². The van der Waals surface area contributed by atoms with Gasteiger partial charge in [-0.3, -0.25) is 19.5 Å². The van der Waals surface area contributed by atoms with Crippen molar-refractivity contribution in [3.05, 3.63) is 45.5 Å². The first-order valence-electron chi connectivity index (χ1n) is 9.07. The molecule has 0 radical (unpaired) electrons. The van der Waals surface area contributed by atoms with E-state index >= 15 is 0 Å². The van der Waals surface area contributed by atoms with Gasteiger partial charge in [0.1, 0.15) is 5.82 Å². The Balaban J connectivity index is 2.37. The number of benzene rings is 1. The van der Waals surface area contributed by atoms with E-state index < -0.39 is 42.0 Å². The van der Waals surface area contributed by atoms with Crippen molar-refractivity contribution >= 4 is 29.2 Å². The number of ether oxygens (including phenoxy) is 1. The van der Waals surface area contributed by atoms with Gasteiger partial charge in [-0.1, -0.05) is 25.4 Å². The number of ketones is 1. The van der Waals surface area contributed by atoms with Gasteiger partial charge in [0, 0.05) is 23.1 Å². The van der Waals surface area contributed by atoms with Crippen LogP contribution in [0.1, 0.15) is 26.1 Å². The number of carbonyl (C=O) groups excluding carboxylic acids is 2. The normalized spacial score (nSPS) is 11.9. The van der Waals surface area contributed by atoms with Crippen LogP contribution in [-0.4, -0.2) is 34.7 Å². The summed E-state index contributed by atoms with van der Waals surface area (Å²) < 4.78 is 44.7. The first-order chi connectivity index (χ1) is 14.2. The predicted octanol–water partition coefficient (Wildman–Crippen LogP) is 4.60. The molecule has 0 unspecified atom stereocenters. The Labute approximate surface area is 181 Å². The number of nitrogens with one attached hydrogen (secondary N) is 1. The third-order valence-corrected chi connectivity index (χ3v) is 4.85. The second-order valence-electron chi connectivity index (χ2n) is 7.52. The lowest BCUT2D eigenvalue weighted by atomic mass is 9.86. The molecule has 1 N–H and O–H groups in total. The molecule has 0 bridgehead atoms. The van der Waals surface area contributed by atoms with E-state index in [1.54, 1.807) is 0 Å². The minimum atomic E-state index is -4.55. The van der Waals surface area contributed by atoms with Crippen molar-refractivity contribution < 1.29 is 27.5 Å². The van der Waals surface area contributed by atoms with Crippen LogP contribution in [0.25, 0.3) is 11.3 Å². The molecule has 1 aromatic carbocycles. The van der Waals surface area contributed by atoms with Gasteiger partial charge in [0.25, 0.3) is 5.56 Å². The Kier molecular flexibility index (Phi) is 7.15. The number of hydrogen-bond acceptors (Lipinski definition) is 5. The number of aryl methyl sites for hydroxylation is 1. The second-order valence-corrected chi connectivity index (χ2v) is 7.95. The number of methoxy groups -OCH3 is 1. The maximum atomic E-state index is 13.0. The third kappa shape index (κ3) is 5.84. The number of Topliss-reactive ketones (excluding diaryl/α,β-unsaturated/α-hetero) is 1. The first-order valence-corrected chi connectivity index (χ1v) is 9.45. The molecule has 1 amide bonds. The van der Waals surface area contributed by atoms with Crippen LogP contribution < -0.4 is 10.9 Å². The molecule has 0 fully saturated rings. The molecule has 0 aliphatic carbocycles. The van der Waals surface area contributed by atoms with Crippen molar-refractivity contribution in [2.24, 2.45) is 5.41 Å². The van der Waals surface area contributed by atoms with Crippen molar-refractivity contribution in [2.45, 2.75) is 39.9 Å². The Bertz CT molecular complexity index is 1060. The Morgan fingerprint density at radius 2 is 1.87 bits per heavy atom. The molecule has 0 aliphatic heterocycles. The maximum Gasteiger partial charge on any atom is 0.411 e. The van der Waals surface area contributed by atoms with Crippen LogP contribution in [0.4, 0.5) is 23.7 Å². The van der Waals surface area contributed by atoms with Crippen LogP contribution in [0, 0.1) is 12.3 Å². The SMILES string of the molecule is COC(=O)Nc1cc(Cl)ccc1-c1cc(=O)n(CC(=O)CC(C)(C)C(F)(F)F)c(C)n1. The van der Waals surface area contributed by atoms with Gasteiger partial charge >= 0.3 is 12.3 Å². The van der Waals surface area contributed by atoms with Gasteiger partial charge in [-0.05, 0) is 25.1 Å². The second kappa shape index (κ2) is 9.09. The standard InChI is InChI=1S/C20H21ClF3N3O4/c1-11-25-16(14-6-5-12(21)7-15(14)26-18(30)31-4)8-17(29)27(11)10-13(28)9-19(2,3)20(22,23)24/h5-8H,9-10H2,1-4H3,(H,26,30). The van der Waals surface area contributed by atoms with Crippen molar-refractivity contribution in [3.63, 3.8) is 0 Å². The van der Waals surface area contributed by atoms with E-state index in [-0.39, 0.29) is 17.2 Å². The molecular weight excluding hydrogens is 439 g/mol. The largest absolute Gasteiger partial charge is 0.453 e. The minimum absolute atomic E-state index is 0.125. The molecule has 31 heavy (non-hydrogen) atoms. The van der Waals surface area contributed by atoms with Gasteiger partial charge < -0.3 is 4.74 Å². The fraction of sp³-hybridized carbons (Fsp3) is 0.400. The molecule has 2 rings (SSSR count). The summed E-state index contributed by atoms with van der Waals surface area (Å²) in [6.45, 7) is 2.78. The van der Waals surface area contributed by atoms with Gasteiger partial charge in [-0.25, -0.2) is 9.78 Å². The van der Waals surface area contributed by atoms with Gasteiger partial charge in [0.2, 0.25) is 0 Å². The molecule has 168 valence electrons. The summed E-state index contributed by atoms with van der Waals surface area (Å²) in [5, 5.41) is 2.79. The molecule has 0 atom stereocenters.